The van der Waals surface area contributed by atoms with Crippen molar-refractivity contribution in [1.29, 1.82) is 0 Å². The number of aliphatic hydroxyl groups is 1. The molecule has 1 nitrogen and oxygen atoms in total. The Bertz CT molecular complexity index is 309. The number of aryl methyl sites for hydroxylation is 1. The molecule has 1 aliphatic rings. The third-order valence-electron chi connectivity index (χ3n) is 2.45. The normalized spacial score (nSPS) is 22.2. The van der Waals surface area contributed by atoms with Gasteiger partial charge in [0.25, 0.3) is 0 Å². The first-order chi connectivity index (χ1) is 6.27. The van der Waals surface area contributed by atoms with Gasteiger partial charge in [-0.05, 0) is 30.2 Å². The smallest absolute Gasteiger partial charge is 0.0801 e. The molecule has 1 heterocycles. The van der Waals surface area contributed by atoms with E-state index in [9.17, 15) is 5.11 Å². The second-order valence-corrected chi connectivity index (χ2v) is 4.66. The van der Waals surface area contributed by atoms with Gasteiger partial charge in [0.15, 0.2) is 0 Å². The van der Waals surface area contributed by atoms with Gasteiger partial charge in [-0.1, -0.05) is 23.8 Å². The Hall–Kier alpha value is -0.470. The first-order valence-corrected chi connectivity index (χ1v) is 5.78. The Morgan fingerprint density at radius 1 is 1.46 bits per heavy atom. The van der Waals surface area contributed by atoms with Crippen LogP contribution in [-0.2, 0) is 5.75 Å². The van der Waals surface area contributed by atoms with Crippen LogP contribution < -0.4 is 0 Å². The van der Waals surface area contributed by atoms with Crippen LogP contribution >= 0.6 is 11.8 Å². The molecular formula is C11H14OS. The van der Waals surface area contributed by atoms with Crippen molar-refractivity contribution in [2.24, 2.45) is 0 Å². The second kappa shape index (κ2) is 3.72. The van der Waals surface area contributed by atoms with Crippen LogP contribution in [0.25, 0.3) is 0 Å². The Labute approximate surface area is 83.2 Å². The number of hydrogen-bond donors (Lipinski definition) is 1. The van der Waals surface area contributed by atoms with Crippen LogP contribution in [0.15, 0.2) is 18.2 Å². The highest BCUT2D eigenvalue weighted by atomic mass is 32.2. The lowest BCUT2D eigenvalue weighted by atomic mass is 9.99. The van der Waals surface area contributed by atoms with Crippen molar-refractivity contribution >= 4 is 11.8 Å². The molecule has 1 aromatic rings. The van der Waals surface area contributed by atoms with Crippen LogP contribution in [0.4, 0.5) is 0 Å². The van der Waals surface area contributed by atoms with E-state index in [2.05, 4.69) is 25.1 Å². The standard InChI is InChI=1S/C11H14OS/c1-8-2-3-9-7-13-5-4-11(12)10(9)6-8/h2-3,6,11-12H,4-5,7H2,1H3/t11-/m1/s1. The average molecular weight is 194 g/mol. The first kappa shape index (κ1) is 9.10. The van der Waals surface area contributed by atoms with Gasteiger partial charge in [-0.25, -0.2) is 0 Å². The molecule has 13 heavy (non-hydrogen) atoms. The highest BCUT2D eigenvalue weighted by Gasteiger charge is 2.15. The molecule has 0 amide bonds. The lowest BCUT2D eigenvalue weighted by molar-refractivity contribution is 0.175. The number of thioether (sulfide) groups is 1. The molecule has 1 N–H and O–H groups in total. The van der Waals surface area contributed by atoms with E-state index < -0.39 is 0 Å². The number of fused-ring (bicyclic) bond motifs is 1. The summed E-state index contributed by atoms with van der Waals surface area (Å²) in [4.78, 5) is 0. The highest BCUT2D eigenvalue weighted by molar-refractivity contribution is 7.98. The zero-order chi connectivity index (χ0) is 9.26. The lowest BCUT2D eigenvalue weighted by Gasteiger charge is -2.11. The second-order valence-electron chi connectivity index (χ2n) is 3.56. The minimum absolute atomic E-state index is 0.245. The summed E-state index contributed by atoms with van der Waals surface area (Å²) in [6.45, 7) is 2.07. The SMILES string of the molecule is Cc1ccc2c(c1)[C@H](O)CCSC2. The van der Waals surface area contributed by atoms with Crippen molar-refractivity contribution < 1.29 is 5.11 Å². The zero-order valence-corrected chi connectivity index (χ0v) is 8.60. The van der Waals surface area contributed by atoms with Gasteiger partial charge in [-0.2, -0.15) is 11.8 Å². The quantitative estimate of drug-likeness (QED) is 0.685. The Morgan fingerprint density at radius 3 is 3.15 bits per heavy atom. The summed E-state index contributed by atoms with van der Waals surface area (Å²) in [6, 6.07) is 6.38. The van der Waals surface area contributed by atoms with E-state index in [-0.39, 0.29) is 6.10 Å². The van der Waals surface area contributed by atoms with Gasteiger partial charge in [0.2, 0.25) is 0 Å². The van der Waals surface area contributed by atoms with Crippen molar-refractivity contribution in [3.8, 4) is 0 Å². The monoisotopic (exact) mass is 194 g/mol. The molecule has 0 spiro atoms. The van der Waals surface area contributed by atoms with Crippen LogP contribution in [0.2, 0.25) is 0 Å². The van der Waals surface area contributed by atoms with Crippen LogP contribution in [0.5, 0.6) is 0 Å². The molecular weight excluding hydrogens is 180 g/mol. The van der Waals surface area contributed by atoms with E-state index in [0.717, 1.165) is 23.5 Å². The molecule has 1 atom stereocenters. The number of benzene rings is 1. The highest BCUT2D eigenvalue weighted by Crippen LogP contribution is 2.30. The molecule has 2 rings (SSSR count). The van der Waals surface area contributed by atoms with Crippen LogP contribution in [-0.4, -0.2) is 10.9 Å². The number of aliphatic hydroxyl groups excluding tert-OH is 1. The molecule has 70 valence electrons. The molecule has 0 saturated carbocycles. The number of rotatable bonds is 0. The summed E-state index contributed by atoms with van der Waals surface area (Å²) in [5.74, 6) is 2.11. The van der Waals surface area contributed by atoms with E-state index in [0.29, 0.717) is 0 Å². The minimum Gasteiger partial charge on any atom is -0.388 e. The van der Waals surface area contributed by atoms with E-state index in [1.54, 1.807) is 0 Å². The summed E-state index contributed by atoms with van der Waals surface area (Å²) < 4.78 is 0. The fraction of sp³-hybridized carbons (Fsp3) is 0.455. The molecule has 2 heteroatoms. The van der Waals surface area contributed by atoms with Gasteiger partial charge < -0.3 is 5.11 Å². The maximum absolute atomic E-state index is 9.85. The Morgan fingerprint density at radius 2 is 2.31 bits per heavy atom. The summed E-state index contributed by atoms with van der Waals surface area (Å²) in [6.07, 6.45) is 0.645. The molecule has 0 radical (unpaired) electrons. The maximum atomic E-state index is 9.85. The largest absolute Gasteiger partial charge is 0.388 e. The predicted molar refractivity (Wildman–Crippen MR) is 56.9 cm³/mol. The van der Waals surface area contributed by atoms with Crippen molar-refractivity contribution in [3.05, 3.63) is 34.9 Å². The van der Waals surface area contributed by atoms with E-state index >= 15 is 0 Å². The van der Waals surface area contributed by atoms with Gasteiger partial charge >= 0.3 is 0 Å². The van der Waals surface area contributed by atoms with Gasteiger partial charge in [0.1, 0.15) is 0 Å². The minimum atomic E-state index is -0.245. The van der Waals surface area contributed by atoms with Crippen LogP contribution in [0.3, 0.4) is 0 Å². The molecule has 0 aliphatic carbocycles. The van der Waals surface area contributed by atoms with Crippen molar-refractivity contribution in [3.63, 3.8) is 0 Å². The molecule has 0 unspecified atom stereocenters. The molecule has 0 bridgehead atoms. The Balaban J connectivity index is 2.43. The zero-order valence-electron chi connectivity index (χ0n) is 7.79. The van der Waals surface area contributed by atoms with E-state index in [4.69, 9.17) is 0 Å². The van der Waals surface area contributed by atoms with Crippen molar-refractivity contribution in [2.75, 3.05) is 5.75 Å². The molecule has 0 aromatic heterocycles. The van der Waals surface area contributed by atoms with E-state index in [1.165, 1.54) is 11.1 Å². The van der Waals surface area contributed by atoms with Crippen LogP contribution in [0, 0.1) is 6.92 Å². The van der Waals surface area contributed by atoms with Crippen molar-refractivity contribution in [2.45, 2.75) is 25.2 Å². The summed E-state index contributed by atoms with van der Waals surface area (Å²) in [5.41, 5.74) is 3.69. The summed E-state index contributed by atoms with van der Waals surface area (Å²) in [5, 5.41) is 9.85. The molecule has 0 fully saturated rings. The third kappa shape index (κ3) is 1.89. The maximum Gasteiger partial charge on any atom is 0.0801 e. The molecule has 1 aliphatic heterocycles. The Kier molecular flexibility index (Phi) is 2.61. The molecule has 0 saturated heterocycles. The number of hydrogen-bond acceptors (Lipinski definition) is 2. The summed E-state index contributed by atoms with van der Waals surface area (Å²) >= 11 is 1.91. The lowest BCUT2D eigenvalue weighted by Crippen LogP contribution is -1.99. The van der Waals surface area contributed by atoms with Crippen molar-refractivity contribution in [1.82, 2.24) is 0 Å². The van der Waals surface area contributed by atoms with Gasteiger partial charge in [-0.15, -0.1) is 0 Å². The van der Waals surface area contributed by atoms with Crippen LogP contribution in [0.1, 0.15) is 29.2 Å². The van der Waals surface area contributed by atoms with Gasteiger partial charge in [-0.3, -0.25) is 0 Å². The first-order valence-electron chi connectivity index (χ1n) is 4.62. The van der Waals surface area contributed by atoms with E-state index in [1.807, 2.05) is 11.8 Å². The predicted octanol–water partition coefficient (Wildman–Crippen LogP) is 2.67. The van der Waals surface area contributed by atoms with Gasteiger partial charge in [0, 0.05) is 5.75 Å². The fourth-order valence-electron chi connectivity index (χ4n) is 1.69. The molecule has 1 aromatic carbocycles. The topological polar surface area (TPSA) is 20.2 Å². The fourth-order valence-corrected chi connectivity index (χ4v) is 2.71. The van der Waals surface area contributed by atoms with Gasteiger partial charge in [0.05, 0.1) is 6.10 Å². The third-order valence-corrected chi connectivity index (χ3v) is 3.49. The average Bonchev–Trinajstić information content (AvgIpc) is 2.29. The summed E-state index contributed by atoms with van der Waals surface area (Å²) in [7, 11) is 0.